The van der Waals surface area contributed by atoms with E-state index >= 15 is 0 Å². The average molecular weight is 395 g/mol. The Balaban J connectivity index is 1.91. The van der Waals surface area contributed by atoms with Crippen LogP contribution >= 0.6 is 11.6 Å². The van der Waals surface area contributed by atoms with Crippen LogP contribution in [0.25, 0.3) is 0 Å². The first kappa shape index (κ1) is 17.9. The van der Waals surface area contributed by atoms with E-state index in [-0.39, 0.29) is 27.9 Å². The van der Waals surface area contributed by atoms with Gasteiger partial charge in [-0.25, -0.2) is 0 Å². The highest BCUT2D eigenvalue weighted by atomic mass is 35.5. The molecule has 0 spiro atoms. The van der Waals surface area contributed by atoms with Crippen LogP contribution in [0.5, 0.6) is 0 Å². The molecule has 0 aromatic heterocycles. The molecule has 1 aliphatic heterocycles. The highest BCUT2D eigenvalue weighted by Gasteiger charge is 2.45. The molecule has 0 amide bonds. The molecular weight excluding hydrogens is 381 g/mol. The monoisotopic (exact) mass is 394 g/mol. The first-order chi connectivity index (χ1) is 12.8. The molecule has 3 atom stereocenters. The predicted octanol–water partition coefficient (Wildman–Crippen LogP) is 6.09. The van der Waals surface area contributed by atoms with Crippen LogP contribution in [-0.2, 0) is 6.18 Å². The summed E-state index contributed by atoms with van der Waals surface area (Å²) >= 11 is 6.22. The number of rotatable bonds is 2. The molecule has 2 aromatic carbocycles. The molecule has 0 unspecified atom stereocenters. The second-order valence-electron chi connectivity index (χ2n) is 6.67. The fraction of sp³-hybridized carbons (Fsp3) is 0.263. The Labute approximate surface area is 157 Å². The lowest BCUT2D eigenvalue weighted by molar-refractivity contribution is -0.385. The lowest BCUT2D eigenvalue weighted by Crippen LogP contribution is -2.31. The number of nitro groups is 1. The average Bonchev–Trinajstić information content (AvgIpc) is 3.10. The van der Waals surface area contributed by atoms with Crippen LogP contribution < -0.4 is 5.32 Å². The van der Waals surface area contributed by atoms with Gasteiger partial charge in [-0.2, -0.15) is 13.2 Å². The Kier molecular flexibility index (Phi) is 4.14. The van der Waals surface area contributed by atoms with Gasteiger partial charge in [0.25, 0.3) is 5.69 Å². The van der Waals surface area contributed by atoms with Gasteiger partial charge >= 0.3 is 6.18 Å². The standard InChI is InChI=1S/C19H14ClF3N2O2/c20-14-9-8-13(19(21,22)23)16-10-5-3-6-11(10)17(24-18(14)16)12-4-1-2-7-15(12)25(26)27/h1-5,7-11,17,24H,6H2/t10-,11+,17+/m0/s1. The number of fused-ring (bicyclic) bond motifs is 3. The second-order valence-corrected chi connectivity index (χ2v) is 7.08. The van der Waals surface area contributed by atoms with E-state index in [2.05, 4.69) is 5.32 Å². The summed E-state index contributed by atoms with van der Waals surface area (Å²) in [5.74, 6) is -0.778. The molecular formula is C19H14ClF3N2O2. The Bertz CT molecular complexity index is 958. The lowest BCUT2D eigenvalue weighted by Gasteiger charge is -2.39. The Morgan fingerprint density at radius 1 is 1.19 bits per heavy atom. The van der Waals surface area contributed by atoms with Gasteiger partial charge in [-0.1, -0.05) is 42.0 Å². The first-order valence-corrected chi connectivity index (χ1v) is 8.73. The number of alkyl halides is 3. The maximum absolute atomic E-state index is 13.6. The topological polar surface area (TPSA) is 55.2 Å². The van der Waals surface area contributed by atoms with Gasteiger partial charge in [0.05, 0.1) is 32.8 Å². The van der Waals surface area contributed by atoms with Crippen LogP contribution in [0.1, 0.15) is 35.1 Å². The van der Waals surface area contributed by atoms with Crippen molar-refractivity contribution in [3.8, 4) is 0 Å². The van der Waals surface area contributed by atoms with Crippen molar-refractivity contribution in [3.63, 3.8) is 0 Å². The van der Waals surface area contributed by atoms with Crippen molar-refractivity contribution in [1.82, 2.24) is 0 Å². The summed E-state index contributed by atoms with van der Waals surface area (Å²) in [7, 11) is 0. The summed E-state index contributed by atoms with van der Waals surface area (Å²) in [5, 5.41) is 14.7. The minimum atomic E-state index is -4.51. The third kappa shape index (κ3) is 2.86. The van der Waals surface area contributed by atoms with Crippen molar-refractivity contribution in [3.05, 3.63) is 80.4 Å². The fourth-order valence-electron chi connectivity index (χ4n) is 4.15. The first-order valence-electron chi connectivity index (χ1n) is 8.35. The normalized spacial score (nSPS) is 23.5. The minimum Gasteiger partial charge on any atom is -0.376 e. The van der Waals surface area contributed by atoms with E-state index < -0.39 is 28.6 Å². The van der Waals surface area contributed by atoms with E-state index in [1.165, 1.54) is 12.1 Å². The van der Waals surface area contributed by atoms with E-state index in [0.29, 0.717) is 12.0 Å². The zero-order valence-electron chi connectivity index (χ0n) is 13.8. The molecule has 0 saturated carbocycles. The minimum absolute atomic E-state index is 0.0628. The largest absolute Gasteiger partial charge is 0.416 e. The maximum Gasteiger partial charge on any atom is 0.416 e. The van der Waals surface area contributed by atoms with Gasteiger partial charge in [0.1, 0.15) is 0 Å². The molecule has 0 radical (unpaired) electrons. The van der Waals surface area contributed by atoms with E-state index in [0.717, 1.165) is 6.07 Å². The molecule has 1 aliphatic carbocycles. The highest BCUT2D eigenvalue weighted by molar-refractivity contribution is 6.33. The predicted molar refractivity (Wildman–Crippen MR) is 95.9 cm³/mol. The molecule has 1 heterocycles. The van der Waals surface area contributed by atoms with Crippen molar-refractivity contribution in [2.45, 2.75) is 24.6 Å². The van der Waals surface area contributed by atoms with E-state index in [4.69, 9.17) is 11.6 Å². The van der Waals surface area contributed by atoms with Crippen molar-refractivity contribution < 1.29 is 18.1 Å². The van der Waals surface area contributed by atoms with Crippen LogP contribution in [0.4, 0.5) is 24.5 Å². The SMILES string of the molecule is O=[N+]([O-])c1ccccc1[C@@H]1Nc2c(Cl)ccc(C(F)(F)F)c2[C@H]2C=CC[C@H]21. The molecule has 4 rings (SSSR count). The second kappa shape index (κ2) is 6.27. The van der Waals surface area contributed by atoms with Gasteiger partial charge in [0.2, 0.25) is 0 Å². The maximum atomic E-state index is 13.6. The smallest absolute Gasteiger partial charge is 0.376 e. The summed E-state index contributed by atoms with van der Waals surface area (Å²) in [6.45, 7) is 0. The van der Waals surface area contributed by atoms with Gasteiger partial charge in [-0.15, -0.1) is 0 Å². The van der Waals surface area contributed by atoms with Gasteiger partial charge in [0, 0.05) is 12.0 Å². The van der Waals surface area contributed by atoms with E-state index in [9.17, 15) is 23.3 Å². The number of para-hydroxylation sites is 1. The Morgan fingerprint density at radius 2 is 1.93 bits per heavy atom. The van der Waals surface area contributed by atoms with Crippen LogP contribution in [-0.4, -0.2) is 4.92 Å². The van der Waals surface area contributed by atoms with Crippen LogP contribution in [0.2, 0.25) is 5.02 Å². The number of benzene rings is 2. The molecule has 0 saturated heterocycles. The quantitative estimate of drug-likeness (QED) is 0.380. The van der Waals surface area contributed by atoms with E-state index in [1.54, 1.807) is 24.3 Å². The van der Waals surface area contributed by atoms with Crippen LogP contribution in [0, 0.1) is 16.0 Å². The van der Waals surface area contributed by atoms with E-state index in [1.807, 2.05) is 6.08 Å². The molecule has 8 heteroatoms. The summed E-state index contributed by atoms with van der Waals surface area (Å²) in [5.41, 5.74) is -0.0319. The van der Waals surface area contributed by atoms with Crippen LogP contribution in [0.15, 0.2) is 48.6 Å². The molecule has 0 fully saturated rings. The zero-order chi connectivity index (χ0) is 19.3. The van der Waals surface area contributed by atoms with Gasteiger partial charge in [-0.3, -0.25) is 10.1 Å². The number of anilines is 1. The molecule has 1 N–H and O–H groups in total. The number of nitrogens with one attached hydrogen (secondary N) is 1. The van der Waals surface area contributed by atoms with Crippen molar-refractivity contribution in [1.29, 1.82) is 0 Å². The van der Waals surface area contributed by atoms with Crippen molar-refractivity contribution in [2.75, 3.05) is 5.32 Å². The summed E-state index contributed by atoms with van der Waals surface area (Å²) in [4.78, 5) is 11.0. The molecule has 140 valence electrons. The molecule has 27 heavy (non-hydrogen) atoms. The highest BCUT2D eigenvalue weighted by Crippen LogP contribution is 2.55. The molecule has 2 aromatic rings. The van der Waals surface area contributed by atoms with Crippen LogP contribution in [0.3, 0.4) is 0 Å². The number of nitro benzene ring substituents is 1. The molecule has 4 nitrogen and oxygen atoms in total. The number of hydrogen-bond acceptors (Lipinski definition) is 3. The Hall–Kier alpha value is -2.54. The number of hydrogen-bond donors (Lipinski definition) is 1. The zero-order valence-corrected chi connectivity index (χ0v) is 14.6. The number of halogens is 4. The van der Waals surface area contributed by atoms with Crippen molar-refractivity contribution >= 4 is 23.0 Å². The third-order valence-corrected chi connectivity index (χ3v) is 5.56. The summed E-state index contributed by atoms with van der Waals surface area (Å²) in [6, 6.07) is 7.99. The van der Waals surface area contributed by atoms with Gasteiger partial charge < -0.3 is 5.32 Å². The molecule has 2 aliphatic rings. The molecule has 0 bridgehead atoms. The number of allylic oxidation sites excluding steroid dienone is 2. The third-order valence-electron chi connectivity index (χ3n) is 5.24. The summed E-state index contributed by atoms with van der Waals surface area (Å²) in [6.07, 6.45) is -0.410. The van der Waals surface area contributed by atoms with Crippen molar-refractivity contribution in [2.24, 2.45) is 5.92 Å². The Morgan fingerprint density at radius 3 is 2.63 bits per heavy atom. The summed E-state index contributed by atoms with van der Waals surface area (Å²) < 4.78 is 40.7. The lowest BCUT2D eigenvalue weighted by atomic mass is 9.75. The fourth-order valence-corrected chi connectivity index (χ4v) is 4.37. The van der Waals surface area contributed by atoms with Gasteiger partial charge in [0.15, 0.2) is 0 Å². The van der Waals surface area contributed by atoms with Gasteiger partial charge in [-0.05, 0) is 30.0 Å². The number of nitrogens with zero attached hydrogens (tertiary/aromatic N) is 1.